The Balaban J connectivity index is 2.63. The summed E-state index contributed by atoms with van der Waals surface area (Å²) in [5.74, 6) is 0.734. The van der Waals surface area contributed by atoms with Gasteiger partial charge in [0.2, 0.25) is 0 Å². The third-order valence-corrected chi connectivity index (χ3v) is 3.38. The van der Waals surface area contributed by atoms with Crippen molar-refractivity contribution < 1.29 is 14.6 Å². The van der Waals surface area contributed by atoms with E-state index in [1.54, 1.807) is 31.4 Å². The van der Waals surface area contributed by atoms with Crippen LogP contribution in [0.3, 0.4) is 0 Å². The highest BCUT2D eigenvalue weighted by Crippen LogP contribution is 2.17. The highest BCUT2D eigenvalue weighted by atomic mass is 16.5. The zero-order valence-corrected chi connectivity index (χ0v) is 11.7. The predicted octanol–water partition coefficient (Wildman–Crippen LogP) is 2.37. The number of aliphatic hydroxyl groups excluding tert-OH is 1. The second kappa shape index (κ2) is 6.99. The first-order valence-electron chi connectivity index (χ1n) is 6.43. The van der Waals surface area contributed by atoms with Gasteiger partial charge in [-0.2, -0.15) is 0 Å². The molecule has 0 spiro atoms. The van der Waals surface area contributed by atoms with E-state index in [1.807, 2.05) is 13.8 Å². The van der Waals surface area contributed by atoms with E-state index < -0.39 is 5.54 Å². The molecule has 0 saturated carbocycles. The molecule has 5 nitrogen and oxygen atoms in total. The van der Waals surface area contributed by atoms with E-state index >= 15 is 0 Å². The van der Waals surface area contributed by atoms with Crippen LogP contribution >= 0.6 is 0 Å². The Bertz CT molecular complexity index is 391. The van der Waals surface area contributed by atoms with E-state index in [-0.39, 0.29) is 12.6 Å². The third-order valence-electron chi connectivity index (χ3n) is 3.38. The van der Waals surface area contributed by atoms with Crippen molar-refractivity contribution in [2.24, 2.45) is 0 Å². The lowest BCUT2D eigenvalue weighted by Gasteiger charge is -2.30. The van der Waals surface area contributed by atoms with Crippen LogP contribution in [0.1, 0.15) is 26.7 Å². The van der Waals surface area contributed by atoms with Crippen LogP contribution < -0.4 is 15.4 Å². The number of carbonyl (C=O) groups excluding carboxylic acids is 1. The summed E-state index contributed by atoms with van der Waals surface area (Å²) >= 11 is 0. The number of rotatable bonds is 6. The van der Waals surface area contributed by atoms with E-state index in [1.165, 1.54) is 0 Å². The maximum atomic E-state index is 11.9. The highest BCUT2D eigenvalue weighted by molar-refractivity contribution is 5.89. The maximum absolute atomic E-state index is 11.9. The molecule has 0 atom stereocenters. The monoisotopic (exact) mass is 266 g/mol. The molecule has 0 aliphatic rings. The third kappa shape index (κ3) is 4.13. The predicted molar refractivity (Wildman–Crippen MR) is 75.5 cm³/mol. The fraction of sp³-hybridized carbons (Fsp3) is 0.500. The molecule has 0 radical (unpaired) electrons. The van der Waals surface area contributed by atoms with Crippen molar-refractivity contribution in [3.05, 3.63) is 24.3 Å². The second-order valence-corrected chi connectivity index (χ2v) is 4.45. The van der Waals surface area contributed by atoms with Crippen LogP contribution in [0.5, 0.6) is 5.75 Å². The molecule has 0 unspecified atom stereocenters. The summed E-state index contributed by atoms with van der Waals surface area (Å²) in [7, 11) is 1.59. The first-order valence-corrected chi connectivity index (χ1v) is 6.43. The average Bonchev–Trinajstić information content (AvgIpc) is 2.46. The number of aliphatic hydroxyl groups is 1. The van der Waals surface area contributed by atoms with E-state index in [0.717, 1.165) is 5.75 Å². The fourth-order valence-corrected chi connectivity index (χ4v) is 1.77. The van der Waals surface area contributed by atoms with Gasteiger partial charge in [0.25, 0.3) is 0 Å². The largest absolute Gasteiger partial charge is 0.497 e. The van der Waals surface area contributed by atoms with Gasteiger partial charge in [-0.1, -0.05) is 13.8 Å². The molecular weight excluding hydrogens is 244 g/mol. The molecule has 5 heteroatoms. The van der Waals surface area contributed by atoms with Gasteiger partial charge in [0, 0.05) is 5.69 Å². The maximum Gasteiger partial charge on any atom is 0.319 e. The molecule has 2 amide bonds. The molecule has 0 aromatic heterocycles. The van der Waals surface area contributed by atoms with Crippen LogP contribution in [0.2, 0.25) is 0 Å². The summed E-state index contributed by atoms with van der Waals surface area (Å²) in [4.78, 5) is 11.9. The minimum atomic E-state index is -0.559. The minimum Gasteiger partial charge on any atom is -0.497 e. The van der Waals surface area contributed by atoms with Crippen molar-refractivity contribution in [1.82, 2.24) is 5.32 Å². The first-order chi connectivity index (χ1) is 9.09. The van der Waals surface area contributed by atoms with Crippen molar-refractivity contribution in [1.29, 1.82) is 0 Å². The number of urea groups is 1. The van der Waals surface area contributed by atoms with E-state index in [4.69, 9.17) is 4.74 Å². The molecule has 106 valence electrons. The zero-order valence-electron chi connectivity index (χ0n) is 11.7. The van der Waals surface area contributed by atoms with Gasteiger partial charge in [0.05, 0.1) is 19.3 Å². The van der Waals surface area contributed by atoms with Gasteiger partial charge >= 0.3 is 6.03 Å². The molecule has 1 aromatic carbocycles. The lowest BCUT2D eigenvalue weighted by molar-refractivity contribution is 0.155. The summed E-state index contributed by atoms with van der Waals surface area (Å²) in [5.41, 5.74) is 0.119. The number of hydrogen-bond donors (Lipinski definition) is 3. The van der Waals surface area contributed by atoms with Crippen LogP contribution in [0.25, 0.3) is 0 Å². The van der Waals surface area contributed by atoms with Gasteiger partial charge in [0.15, 0.2) is 0 Å². The van der Waals surface area contributed by atoms with Crippen LogP contribution in [0, 0.1) is 0 Å². The fourth-order valence-electron chi connectivity index (χ4n) is 1.77. The molecule has 0 fully saturated rings. The number of hydrogen-bond acceptors (Lipinski definition) is 3. The Morgan fingerprint density at radius 3 is 2.26 bits per heavy atom. The lowest BCUT2D eigenvalue weighted by atomic mass is 9.94. The SMILES string of the molecule is CCC(CC)(CO)NC(=O)Nc1ccc(OC)cc1. The summed E-state index contributed by atoms with van der Waals surface area (Å²) in [5, 5.41) is 15.0. The second-order valence-electron chi connectivity index (χ2n) is 4.45. The van der Waals surface area contributed by atoms with E-state index in [2.05, 4.69) is 10.6 Å². The average molecular weight is 266 g/mol. The molecule has 19 heavy (non-hydrogen) atoms. The molecular formula is C14H22N2O3. The number of carbonyl (C=O) groups is 1. The molecule has 3 N–H and O–H groups in total. The Morgan fingerprint density at radius 2 is 1.84 bits per heavy atom. The van der Waals surface area contributed by atoms with Crippen molar-refractivity contribution >= 4 is 11.7 Å². The van der Waals surface area contributed by atoms with Crippen LogP contribution in [-0.2, 0) is 0 Å². The minimum absolute atomic E-state index is 0.0734. The molecule has 1 rings (SSSR count). The van der Waals surface area contributed by atoms with Crippen LogP contribution in [0.15, 0.2) is 24.3 Å². The van der Waals surface area contributed by atoms with Gasteiger partial charge < -0.3 is 20.5 Å². The standard InChI is InChI=1S/C14H22N2O3/c1-4-14(5-2,10-17)16-13(18)15-11-6-8-12(19-3)9-7-11/h6-9,17H,4-5,10H2,1-3H3,(H2,15,16,18). The topological polar surface area (TPSA) is 70.6 Å². The lowest BCUT2D eigenvalue weighted by Crippen LogP contribution is -2.51. The zero-order chi connectivity index (χ0) is 14.3. The Hall–Kier alpha value is -1.75. The quantitative estimate of drug-likeness (QED) is 0.740. The Labute approximate surface area is 114 Å². The van der Waals surface area contributed by atoms with Crippen molar-refractivity contribution in [2.75, 3.05) is 19.0 Å². The number of anilines is 1. The number of methoxy groups -OCH3 is 1. The van der Waals surface area contributed by atoms with E-state index in [9.17, 15) is 9.90 Å². The molecule has 0 aliphatic heterocycles. The van der Waals surface area contributed by atoms with Crippen LogP contribution in [0.4, 0.5) is 10.5 Å². The smallest absolute Gasteiger partial charge is 0.319 e. The normalized spacial score (nSPS) is 10.9. The summed E-state index contributed by atoms with van der Waals surface area (Å²) in [6, 6.07) is 6.75. The molecule has 0 saturated heterocycles. The van der Waals surface area contributed by atoms with Gasteiger partial charge in [-0.3, -0.25) is 0 Å². The Kier molecular flexibility index (Phi) is 5.63. The highest BCUT2D eigenvalue weighted by Gasteiger charge is 2.27. The number of ether oxygens (including phenoxy) is 1. The number of benzene rings is 1. The number of nitrogens with one attached hydrogen (secondary N) is 2. The van der Waals surface area contributed by atoms with Crippen molar-refractivity contribution in [3.63, 3.8) is 0 Å². The van der Waals surface area contributed by atoms with Crippen molar-refractivity contribution in [2.45, 2.75) is 32.2 Å². The number of amides is 2. The Morgan fingerprint density at radius 1 is 1.26 bits per heavy atom. The summed E-state index contributed by atoms with van der Waals surface area (Å²) in [6.45, 7) is 3.80. The van der Waals surface area contributed by atoms with Crippen molar-refractivity contribution in [3.8, 4) is 5.75 Å². The van der Waals surface area contributed by atoms with Gasteiger partial charge in [-0.15, -0.1) is 0 Å². The van der Waals surface area contributed by atoms with Gasteiger partial charge in [0.1, 0.15) is 5.75 Å². The molecule has 0 heterocycles. The van der Waals surface area contributed by atoms with Crippen LogP contribution in [-0.4, -0.2) is 30.4 Å². The summed E-state index contributed by atoms with van der Waals surface area (Å²) in [6.07, 6.45) is 1.35. The molecule has 0 bridgehead atoms. The first kappa shape index (κ1) is 15.3. The van der Waals surface area contributed by atoms with Gasteiger partial charge in [-0.25, -0.2) is 4.79 Å². The van der Waals surface area contributed by atoms with Gasteiger partial charge in [-0.05, 0) is 37.1 Å². The summed E-state index contributed by atoms with van der Waals surface area (Å²) < 4.78 is 5.05. The van der Waals surface area contributed by atoms with E-state index in [0.29, 0.717) is 18.5 Å². The molecule has 0 aliphatic carbocycles. The molecule has 1 aromatic rings.